The molecule has 0 radical (unpaired) electrons. The maximum atomic E-state index is 12.8. The minimum absolute atomic E-state index is 0.0626. The molecule has 0 aliphatic carbocycles. The van der Waals surface area contributed by atoms with Crippen molar-refractivity contribution in [2.75, 3.05) is 13.2 Å². The fourth-order valence-electron chi connectivity index (χ4n) is 9.37. The SMILES string of the molecule is CCCCCCCCCCCCCCCCC(=O)OC[C@@H](COC(=O)CCCCCCCCCCCCCCCCCCCCC(C)CC)OC(=O)CCCCCCCCCCCCC(C)C. The summed E-state index contributed by atoms with van der Waals surface area (Å²) in [4.78, 5) is 38.2. The van der Waals surface area contributed by atoms with Crippen molar-refractivity contribution in [1.82, 2.24) is 0 Å². The predicted octanol–water partition coefficient (Wildman–Crippen LogP) is 20.0. The highest BCUT2D eigenvalue weighted by molar-refractivity contribution is 5.71. The predicted molar refractivity (Wildman–Crippen MR) is 289 cm³/mol. The zero-order valence-electron chi connectivity index (χ0n) is 46.0. The topological polar surface area (TPSA) is 78.9 Å². The average molecular weight is 948 g/mol. The lowest BCUT2D eigenvalue weighted by molar-refractivity contribution is -0.167. The third-order valence-corrected chi connectivity index (χ3v) is 14.3. The van der Waals surface area contributed by atoms with Crippen LogP contribution in [0.4, 0.5) is 0 Å². The second kappa shape index (κ2) is 53.8. The van der Waals surface area contributed by atoms with Crippen LogP contribution in [0.5, 0.6) is 0 Å². The molecular formula is C61H118O6. The standard InChI is InChI=1S/C61H118O6/c1-6-8-9-10-11-12-13-14-22-25-31-36-41-46-51-59(62)65-54-58(67-61(64)53-48-43-38-33-28-27-29-34-39-44-49-56(3)4)55-66-60(63)52-47-42-37-32-26-23-20-18-16-15-17-19-21-24-30-35-40-45-50-57(5)7-2/h56-58H,6-55H2,1-5H3/t57?,58-/m0/s1. The Balaban J connectivity index is 4.22. The quantitative estimate of drug-likeness (QED) is 0.0343. The van der Waals surface area contributed by atoms with Gasteiger partial charge in [-0.15, -0.1) is 0 Å². The highest BCUT2D eigenvalue weighted by Gasteiger charge is 2.19. The number of ether oxygens (including phenoxy) is 3. The van der Waals surface area contributed by atoms with Gasteiger partial charge < -0.3 is 14.2 Å². The van der Waals surface area contributed by atoms with Gasteiger partial charge in [0.1, 0.15) is 13.2 Å². The number of esters is 3. The van der Waals surface area contributed by atoms with Crippen molar-refractivity contribution < 1.29 is 28.6 Å². The van der Waals surface area contributed by atoms with E-state index in [1.807, 2.05) is 0 Å². The first-order valence-electron chi connectivity index (χ1n) is 30.3. The molecular weight excluding hydrogens is 829 g/mol. The maximum absolute atomic E-state index is 12.8. The lowest BCUT2D eigenvalue weighted by Crippen LogP contribution is -2.30. The van der Waals surface area contributed by atoms with E-state index in [4.69, 9.17) is 14.2 Å². The van der Waals surface area contributed by atoms with Gasteiger partial charge in [-0.2, -0.15) is 0 Å². The Morgan fingerprint density at radius 1 is 0.313 bits per heavy atom. The third-order valence-electron chi connectivity index (χ3n) is 14.3. The third kappa shape index (κ3) is 53.6. The molecule has 0 rings (SSSR count). The summed E-state index contributed by atoms with van der Waals surface area (Å²) < 4.78 is 16.9. The van der Waals surface area contributed by atoms with E-state index in [-0.39, 0.29) is 31.1 Å². The molecule has 0 spiro atoms. The zero-order valence-corrected chi connectivity index (χ0v) is 46.0. The van der Waals surface area contributed by atoms with Crippen LogP contribution in [0.3, 0.4) is 0 Å². The summed E-state index contributed by atoms with van der Waals surface area (Å²) in [6.07, 6.45) is 58.1. The van der Waals surface area contributed by atoms with Crippen molar-refractivity contribution in [3.8, 4) is 0 Å². The highest BCUT2D eigenvalue weighted by Crippen LogP contribution is 2.19. The van der Waals surface area contributed by atoms with Crippen molar-refractivity contribution in [1.29, 1.82) is 0 Å². The molecule has 6 heteroatoms. The molecule has 0 amide bonds. The first-order valence-corrected chi connectivity index (χ1v) is 30.3. The van der Waals surface area contributed by atoms with Crippen LogP contribution in [-0.4, -0.2) is 37.2 Å². The summed E-state index contributed by atoms with van der Waals surface area (Å²) in [6.45, 7) is 11.5. The Bertz CT molecular complexity index is 1030. The molecule has 0 aromatic carbocycles. The van der Waals surface area contributed by atoms with Gasteiger partial charge in [0.05, 0.1) is 0 Å². The number of hydrogen-bond acceptors (Lipinski definition) is 6. The van der Waals surface area contributed by atoms with Crippen LogP contribution in [-0.2, 0) is 28.6 Å². The molecule has 6 nitrogen and oxygen atoms in total. The molecule has 0 saturated carbocycles. The van der Waals surface area contributed by atoms with Gasteiger partial charge in [-0.25, -0.2) is 0 Å². The summed E-state index contributed by atoms with van der Waals surface area (Å²) in [5.74, 6) is 0.889. The minimum atomic E-state index is -0.763. The van der Waals surface area contributed by atoms with Gasteiger partial charge in [-0.1, -0.05) is 304 Å². The molecule has 0 aromatic rings. The second-order valence-electron chi connectivity index (χ2n) is 21.7. The number of carbonyl (C=O) groups is 3. The van der Waals surface area contributed by atoms with Crippen LogP contribution in [0.25, 0.3) is 0 Å². The summed E-state index contributed by atoms with van der Waals surface area (Å²) in [5, 5.41) is 0. The first kappa shape index (κ1) is 65.4. The Morgan fingerprint density at radius 2 is 0.567 bits per heavy atom. The van der Waals surface area contributed by atoms with E-state index in [9.17, 15) is 14.4 Å². The molecule has 0 fully saturated rings. The van der Waals surface area contributed by atoms with Crippen LogP contribution >= 0.6 is 0 Å². The Morgan fingerprint density at radius 3 is 0.851 bits per heavy atom. The Labute approximate surface area is 418 Å². The Kier molecular flexibility index (Phi) is 52.5. The monoisotopic (exact) mass is 947 g/mol. The molecule has 398 valence electrons. The number of hydrogen-bond donors (Lipinski definition) is 0. The molecule has 2 atom stereocenters. The molecule has 0 saturated heterocycles. The fraction of sp³-hybridized carbons (Fsp3) is 0.951. The summed E-state index contributed by atoms with van der Waals surface area (Å²) in [7, 11) is 0. The van der Waals surface area contributed by atoms with Gasteiger partial charge in [0.2, 0.25) is 0 Å². The van der Waals surface area contributed by atoms with Crippen molar-refractivity contribution in [2.45, 2.75) is 349 Å². The van der Waals surface area contributed by atoms with Crippen molar-refractivity contribution in [3.63, 3.8) is 0 Å². The second-order valence-corrected chi connectivity index (χ2v) is 21.7. The first-order chi connectivity index (χ1) is 32.8. The summed E-state index contributed by atoms with van der Waals surface area (Å²) >= 11 is 0. The van der Waals surface area contributed by atoms with Crippen LogP contribution in [0.1, 0.15) is 343 Å². The van der Waals surface area contributed by atoms with Gasteiger partial charge in [-0.05, 0) is 31.1 Å². The molecule has 0 aliphatic heterocycles. The van der Waals surface area contributed by atoms with E-state index in [1.54, 1.807) is 0 Å². The van der Waals surface area contributed by atoms with E-state index < -0.39 is 6.10 Å². The summed E-state index contributed by atoms with van der Waals surface area (Å²) in [5.41, 5.74) is 0. The van der Waals surface area contributed by atoms with Crippen LogP contribution in [0.2, 0.25) is 0 Å². The van der Waals surface area contributed by atoms with Gasteiger partial charge >= 0.3 is 17.9 Å². The maximum Gasteiger partial charge on any atom is 0.306 e. The lowest BCUT2D eigenvalue weighted by Gasteiger charge is -2.18. The van der Waals surface area contributed by atoms with E-state index >= 15 is 0 Å². The highest BCUT2D eigenvalue weighted by atomic mass is 16.6. The van der Waals surface area contributed by atoms with Gasteiger partial charge in [0, 0.05) is 19.3 Å². The van der Waals surface area contributed by atoms with E-state index in [2.05, 4.69) is 34.6 Å². The molecule has 0 heterocycles. The van der Waals surface area contributed by atoms with Crippen LogP contribution < -0.4 is 0 Å². The average Bonchev–Trinajstić information content (AvgIpc) is 3.31. The summed E-state index contributed by atoms with van der Waals surface area (Å²) in [6, 6.07) is 0. The Hall–Kier alpha value is -1.59. The largest absolute Gasteiger partial charge is 0.462 e. The van der Waals surface area contributed by atoms with Crippen molar-refractivity contribution >= 4 is 17.9 Å². The van der Waals surface area contributed by atoms with Crippen LogP contribution in [0.15, 0.2) is 0 Å². The molecule has 0 aliphatic rings. The van der Waals surface area contributed by atoms with Gasteiger partial charge in [-0.3, -0.25) is 14.4 Å². The number of carbonyl (C=O) groups excluding carboxylic acids is 3. The minimum Gasteiger partial charge on any atom is -0.462 e. The van der Waals surface area contributed by atoms with E-state index in [1.165, 1.54) is 231 Å². The van der Waals surface area contributed by atoms with Gasteiger partial charge in [0.25, 0.3) is 0 Å². The van der Waals surface area contributed by atoms with E-state index in [0.717, 1.165) is 69.6 Å². The molecule has 0 bridgehead atoms. The number of rotatable bonds is 55. The van der Waals surface area contributed by atoms with Crippen molar-refractivity contribution in [3.05, 3.63) is 0 Å². The fourth-order valence-corrected chi connectivity index (χ4v) is 9.37. The molecule has 67 heavy (non-hydrogen) atoms. The zero-order chi connectivity index (χ0) is 48.9. The normalized spacial score (nSPS) is 12.4. The van der Waals surface area contributed by atoms with Crippen LogP contribution in [0, 0.1) is 11.8 Å². The van der Waals surface area contributed by atoms with E-state index in [0.29, 0.717) is 19.3 Å². The van der Waals surface area contributed by atoms with Gasteiger partial charge in [0.15, 0.2) is 6.10 Å². The smallest absolute Gasteiger partial charge is 0.306 e. The molecule has 0 aromatic heterocycles. The lowest BCUT2D eigenvalue weighted by atomic mass is 9.99. The van der Waals surface area contributed by atoms with Crippen molar-refractivity contribution in [2.24, 2.45) is 11.8 Å². The molecule has 1 unspecified atom stereocenters. The molecule has 0 N–H and O–H groups in total. The number of unbranched alkanes of at least 4 members (excludes halogenated alkanes) is 39.